The number of aryl methyl sites for hydroxylation is 3. The molecule has 2 nitrogen and oxygen atoms in total. The molecule has 0 atom stereocenters. The average Bonchev–Trinajstić information content (AvgIpc) is 2.32. The molecule has 0 bridgehead atoms. The van der Waals surface area contributed by atoms with E-state index in [-0.39, 0.29) is 0 Å². The van der Waals surface area contributed by atoms with Crippen molar-refractivity contribution < 1.29 is 0 Å². The minimum atomic E-state index is 0.806. The van der Waals surface area contributed by atoms with Gasteiger partial charge in [0.05, 0.1) is 5.69 Å². The van der Waals surface area contributed by atoms with E-state index in [1.165, 1.54) is 16.7 Å². The zero-order valence-electron chi connectivity index (χ0n) is 10.9. The van der Waals surface area contributed by atoms with Crippen LogP contribution in [0.2, 0.25) is 0 Å². The number of rotatable bonds is 3. The first-order valence-electron chi connectivity index (χ1n) is 5.99. The highest BCUT2D eigenvalue weighted by Gasteiger charge is 2.01. The van der Waals surface area contributed by atoms with Crippen LogP contribution in [0.4, 0.5) is 5.82 Å². The molecule has 18 heavy (non-hydrogen) atoms. The van der Waals surface area contributed by atoms with Gasteiger partial charge in [-0.25, -0.2) is 4.98 Å². The SMILES string of the molecule is Cc1ccc(CNc2ccc(Br)c(C)n2)c(C)c1. The van der Waals surface area contributed by atoms with E-state index in [1.54, 1.807) is 0 Å². The van der Waals surface area contributed by atoms with Gasteiger partial charge in [-0.3, -0.25) is 0 Å². The van der Waals surface area contributed by atoms with E-state index in [2.05, 4.69) is 58.3 Å². The van der Waals surface area contributed by atoms with Gasteiger partial charge in [0.15, 0.2) is 0 Å². The summed E-state index contributed by atoms with van der Waals surface area (Å²) in [6.07, 6.45) is 0. The van der Waals surface area contributed by atoms with Crippen LogP contribution >= 0.6 is 15.9 Å². The Balaban J connectivity index is 2.09. The van der Waals surface area contributed by atoms with Crippen molar-refractivity contribution in [2.24, 2.45) is 0 Å². The topological polar surface area (TPSA) is 24.9 Å². The van der Waals surface area contributed by atoms with Crippen LogP contribution in [0.3, 0.4) is 0 Å². The molecule has 0 spiro atoms. The lowest BCUT2D eigenvalue weighted by molar-refractivity contribution is 1.07. The highest BCUT2D eigenvalue weighted by atomic mass is 79.9. The second-order valence-corrected chi connectivity index (χ2v) is 5.40. The second kappa shape index (κ2) is 5.53. The van der Waals surface area contributed by atoms with Crippen LogP contribution in [0, 0.1) is 20.8 Å². The molecule has 1 aromatic carbocycles. The Hall–Kier alpha value is -1.35. The lowest BCUT2D eigenvalue weighted by atomic mass is 10.1. The van der Waals surface area contributed by atoms with Crippen molar-refractivity contribution in [2.45, 2.75) is 27.3 Å². The van der Waals surface area contributed by atoms with Gasteiger partial charge < -0.3 is 5.32 Å². The Morgan fingerprint density at radius 2 is 1.89 bits per heavy atom. The Kier molecular flexibility index (Phi) is 4.02. The molecule has 1 N–H and O–H groups in total. The summed E-state index contributed by atoms with van der Waals surface area (Å²) in [6, 6.07) is 10.5. The van der Waals surface area contributed by atoms with Gasteiger partial charge in [-0.05, 0) is 60.0 Å². The lowest BCUT2D eigenvalue weighted by Gasteiger charge is -2.10. The molecule has 0 radical (unpaired) electrons. The maximum atomic E-state index is 4.48. The number of aromatic nitrogens is 1. The van der Waals surface area contributed by atoms with Gasteiger partial charge in [0, 0.05) is 11.0 Å². The first kappa shape index (κ1) is 13.1. The maximum Gasteiger partial charge on any atom is 0.126 e. The Morgan fingerprint density at radius 3 is 2.56 bits per heavy atom. The van der Waals surface area contributed by atoms with Crippen LogP contribution in [0.15, 0.2) is 34.8 Å². The number of nitrogens with one attached hydrogen (secondary N) is 1. The molecule has 1 aromatic heterocycles. The van der Waals surface area contributed by atoms with Crippen molar-refractivity contribution in [1.29, 1.82) is 0 Å². The summed E-state index contributed by atoms with van der Waals surface area (Å²) in [7, 11) is 0. The lowest BCUT2D eigenvalue weighted by Crippen LogP contribution is -2.03. The smallest absolute Gasteiger partial charge is 0.126 e. The van der Waals surface area contributed by atoms with Gasteiger partial charge >= 0.3 is 0 Å². The number of nitrogens with zero attached hydrogens (tertiary/aromatic N) is 1. The molecular weight excluding hydrogens is 288 g/mol. The molecule has 1 heterocycles. The summed E-state index contributed by atoms with van der Waals surface area (Å²) < 4.78 is 1.04. The van der Waals surface area contributed by atoms with Crippen LogP contribution in [0.5, 0.6) is 0 Å². The molecule has 0 saturated heterocycles. The highest BCUT2D eigenvalue weighted by Crippen LogP contribution is 2.17. The molecule has 0 amide bonds. The van der Waals surface area contributed by atoms with Gasteiger partial charge in [-0.15, -0.1) is 0 Å². The van der Waals surface area contributed by atoms with Gasteiger partial charge in [0.2, 0.25) is 0 Å². The molecule has 0 aliphatic heterocycles. The molecule has 2 aromatic rings. The largest absolute Gasteiger partial charge is 0.366 e. The molecule has 0 aliphatic rings. The number of hydrogen-bond acceptors (Lipinski definition) is 2. The molecule has 0 unspecified atom stereocenters. The van der Waals surface area contributed by atoms with Crippen LogP contribution in [0.25, 0.3) is 0 Å². The highest BCUT2D eigenvalue weighted by molar-refractivity contribution is 9.10. The number of pyridine rings is 1. The molecule has 0 fully saturated rings. The molecule has 0 aliphatic carbocycles. The maximum absolute atomic E-state index is 4.48. The van der Waals surface area contributed by atoms with E-state index in [9.17, 15) is 0 Å². The summed E-state index contributed by atoms with van der Waals surface area (Å²) in [5, 5.41) is 3.36. The Labute approximate surface area is 117 Å². The number of hydrogen-bond donors (Lipinski definition) is 1. The van der Waals surface area contributed by atoms with Crippen LogP contribution in [0.1, 0.15) is 22.4 Å². The fourth-order valence-corrected chi connectivity index (χ4v) is 2.09. The van der Waals surface area contributed by atoms with E-state index in [0.29, 0.717) is 0 Å². The van der Waals surface area contributed by atoms with Crippen molar-refractivity contribution in [3.8, 4) is 0 Å². The third-order valence-electron chi connectivity index (χ3n) is 2.98. The van der Waals surface area contributed by atoms with Crippen LogP contribution in [-0.4, -0.2) is 4.98 Å². The standard InChI is InChI=1S/C15H17BrN2/c1-10-4-5-13(11(2)8-10)9-17-15-7-6-14(16)12(3)18-15/h4-8H,9H2,1-3H3,(H,17,18). The van der Waals surface area contributed by atoms with E-state index < -0.39 is 0 Å². The molecule has 2 rings (SSSR count). The zero-order chi connectivity index (χ0) is 13.1. The fourth-order valence-electron chi connectivity index (χ4n) is 1.87. The summed E-state index contributed by atoms with van der Waals surface area (Å²) in [5.74, 6) is 0.913. The van der Waals surface area contributed by atoms with Gasteiger partial charge in [-0.1, -0.05) is 23.8 Å². The van der Waals surface area contributed by atoms with E-state index in [0.717, 1.165) is 22.5 Å². The third kappa shape index (κ3) is 3.10. The number of halogens is 1. The van der Waals surface area contributed by atoms with Crippen molar-refractivity contribution in [3.63, 3.8) is 0 Å². The van der Waals surface area contributed by atoms with E-state index in [1.807, 2.05) is 19.1 Å². The van der Waals surface area contributed by atoms with Gasteiger partial charge in [0.1, 0.15) is 5.82 Å². The predicted molar refractivity (Wildman–Crippen MR) is 79.9 cm³/mol. The van der Waals surface area contributed by atoms with Crippen molar-refractivity contribution in [1.82, 2.24) is 4.98 Å². The summed E-state index contributed by atoms with van der Waals surface area (Å²) in [6.45, 7) is 7.06. The second-order valence-electron chi connectivity index (χ2n) is 4.55. The van der Waals surface area contributed by atoms with Crippen LogP contribution < -0.4 is 5.32 Å². The first-order chi connectivity index (χ1) is 8.56. The van der Waals surface area contributed by atoms with Gasteiger partial charge in [-0.2, -0.15) is 0 Å². The van der Waals surface area contributed by atoms with E-state index in [4.69, 9.17) is 0 Å². The summed E-state index contributed by atoms with van der Waals surface area (Å²) in [4.78, 5) is 4.48. The predicted octanol–water partition coefficient (Wildman–Crippen LogP) is 4.38. The van der Waals surface area contributed by atoms with E-state index >= 15 is 0 Å². The zero-order valence-corrected chi connectivity index (χ0v) is 12.5. The first-order valence-corrected chi connectivity index (χ1v) is 6.79. The van der Waals surface area contributed by atoms with Crippen molar-refractivity contribution in [2.75, 3.05) is 5.32 Å². The molecular formula is C15H17BrN2. The summed E-state index contributed by atoms with van der Waals surface area (Å²) in [5.41, 5.74) is 4.92. The molecule has 3 heteroatoms. The average molecular weight is 305 g/mol. The molecule has 0 saturated carbocycles. The monoisotopic (exact) mass is 304 g/mol. The van der Waals surface area contributed by atoms with Crippen molar-refractivity contribution in [3.05, 3.63) is 57.2 Å². The minimum absolute atomic E-state index is 0.806. The van der Waals surface area contributed by atoms with Crippen molar-refractivity contribution >= 4 is 21.7 Å². The fraction of sp³-hybridized carbons (Fsp3) is 0.267. The normalized spacial score (nSPS) is 10.4. The molecule has 94 valence electrons. The number of anilines is 1. The quantitative estimate of drug-likeness (QED) is 0.910. The summed E-state index contributed by atoms with van der Waals surface area (Å²) >= 11 is 3.45. The minimum Gasteiger partial charge on any atom is -0.366 e. The van der Waals surface area contributed by atoms with Gasteiger partial charge in [0.25, 0.3) is 0 Å². The number of benzene rings is 1. The Bertz CT molecular complexity index is 564. The third-order valence-corrected chi connectivity index (χ3v) is 3.82. The Morgan fingerprint density at radius 1 is 1.11 bits per heavy atom. The van der Waals surface area contributed by atoms with Crippen LogP contribution in [-0.2, 0) is 6.54 Å².